The summed E-state index contributed by atoms with van der Waals surface area (Å²) in [6.45, 7) is 6.40. The molecule has 22 heavy (non-hydrogen) atoms. The third-order valence-corrected chi connectivity index (χ3v) is 5.09. The topological polar surface area (TPSA) is 37.8 Å². The van der Waals surface area contributed by atoms with Crippen LogP contribution in [0.3, 0.4) is 0 Å². The number of aryl methyl sites for hydroxylation is 3. The Balaban J connectivity index is 2.13. The zero-order chi connectivity index (χ0) is 15.7. The Hall–Kier alpha value is -1.65. The molecule has 0 atom stereocenters. The van der Waals surface area contributed by atoms with Gasteiger partial charge in [-0.15, -0.1) is 11.3 Å². The predicted octanol–water partition coefficient (Wildman–Crippen LogP) is 5.52. The van der Waals surface area contributed by atoms with Crippen molar-refractivity contribution in [1.29, 1.82) is 0 Å². The summed E-state index contributed by atoms with van der Waals surface area (Å²) >= 11 is 7.78. The van der Waals surface area contributed by atoms with Crippen LogP contribution in [-0.4, -0.2) is 9.97 Å². The molecule has 3 aromatic rings. The first kappa shape index (κ1) is 15.3. The molecule has 0 saturated carbocycles. The molecule has 114 valence electrons. The van der Waals surface area contributed by atoms with Gasteiger partial charge in [-0.2, -0.15) is 4.98 Å². The number of rotatable bonds is 4. The van der Waals surface area contributed by atoms with Gasteiger partial charge in [0.25, 0.3) is 0 Å². The van der Waals surface area contributed by atoms with Crippen LogP contribution in [0.4, 0.5) is 11.5 Å². The van der Waals surface area contributed by atoms with Gasteiger partial charge in [-0.25, -0.2) is 4.98 Å². The molecule has 3 nitrogen and oxygen atoms in total. The molecule has 0 aliphatic carbocycles. The molecule has 0 spiro atoms. The fourth-order valence-electron chi connectivity index (χ4n) is 2.54. The summed E-state index contributed by atoms with van der Waals surface area (Å²) < 4.78 is 0. The van der Waals surface area contributed by atoms with Crippen LogP contribution < -0.4 is 5.32 Å². The lowest BCUT2D eigenvalue weighted by atomic mass is 10.1. The Morgan fingerprint density at radius 1 is 1.18 bits per heavy atom. The highest BCUT2D eigenvalue weighted by Gasteiger charge is 2.13. The van der Waals surface area contributed by atoms with Crippen molar-refractivity contribution in [3.63, 3.8) is 0 Å². The van der Waals surface area contributed by atoms with E-state index in [0.717, 1.165) is 34.6 Å². The smallest absolute Gasteiger partial charge is 0.225 e. The summed E-state index contributed by atoms with van der Waals surface area (Å²) in [6, 6.07) is 8.48. The monoisotopic (exact) mass is 331 g/mol. The first-order valence-electron chi connectivity index (χ1n) is 7.43. The second kappa shape index (κ2) is 6.23. The van der Waals surface area contributed by atoms with Gasteiger partial charge in [0, 0.05) is 10.6 Å². The number of nitrogens with one attached hydrogen (secondary N) is 1. The summed E-state index contributed by atoms with van der Waals surface area (Å²) in [4.78, 5) is 11.0. The molecule has 0 aliphatic rings. The van der Waals surface area contributed by atoms with Crippen LogP contribution in [0.2, 0.25) is 5.28 Å². The van der Waals surface area contributed by atoms with Crippen LogP contribution in [-0.2, 0) is 12.8 Å². The maximum absolute atomic E-state index is 6.10. The molecule has 3 rings (SSSR count). The highest BCUT2D eigenvalue weighted by Crippen LogP contribution is 2.33. The number of hydrogen-bond acceptors (Lipinski definition) is 4. The zero-order valence-electron chi connectivity index (χ0n) is 12.9. The van der Waals surface area contributed by atoms with E-state index in [9.17, 15) is 0 Å². The summed E-state index contributed by atoms with van der Waals surface area (Å²) in [7, 11) is 0. The standard InChI is InChI=1S/C17H18ClN3S/c1-4-11-8-6-7-10(3)14(11)19-15-13-9-12(5-2)22-16(13)21-17(18)20-15/h6-9H,4-5H2,1-3H3,(H,19,20,21). The molecule has 1 N–H and O–H groups in total. The Bertz CT molecular complexity index is 826. The van der Waals surface area contributed by atoms with Crippen molar-refractivity contribution in [1.82, 2.24) is 9.97 Å². The van der Waals surface area contributed by atoms with Crippen molar-refractivity contribution < 1.29 is 0 Å². The quantitative estimate of drug-likeness (QED) is 0.639. The van der Waals surface area contributed by atoms with Crippen LogP contribution >= 0.6 is 22.9 Å². The van der Waals surface area contributed by atoms with E-state index in [2.05, 4.69) is 60.3 Å². The van der Waals surface area contributed by atoms with Crippen LogP contribution in [0.15, 0.2) is 24.3 Å². The van der Waals surface area contributed by atoms with Gasteiger partial charge < -0.3 is 5.32 Å². The minimum atomic E-state index is 0.283. The lowest BCUT2D eigenvalue weighted by Gasteiger charge is -2.14. The minimum Gasteiger partial charge on any atom is -0.339 e. The van der Waals surface area contributed by atoms with E-state index in [1.807, 2.05) is 0 Å². The predicted molar refractivity (Wildman–Crippen MR) is 95.6 cm³/mol. The number of para-hydroxylation sites is 1. The summed E-state index contributed by atoms with van der Waals surface area (Å²) in [6.07, 6.45) is 1.96. The van der Waals surface area contributed by atoms with Crippen molar-refractivity contribution in [2.24, 2.45) is 0 Å². The molecule has 0 aliphatic heterocycles. The molecular weight excluding hydrogens is 314 g/mol. The lowest BCUT2D eigenvalue weighted by molar-refractivity contribution is 1.13. The van der Waals surface area contributed by atoms with E-state index in [-0.39, 0.29) is 5.28 Å². The van der Waals surface area contributed by atoms with E-state index in [1.54, 1.807) is 11.3 Å². The molecule has 2 aromatic heterocycles. The number of hydrogen-bond donors (Lipinski definition) is 1. The van der Waals surface area contributed by atoms with E-state index in [1.165, 1.54) is 16.0 Å². The van der Waals surface area contributed by atoms with E-state index >= 15 is 0 Å². The third-order valence-electron chi connectivity index (χ3n) is 3.75. The Labute approximate surface area is 139 Å². The minimum absolute atomic E-state index is 0.283. The number of halogens is 1. The largest absolute Gasteiger partial charge is 0.339 e. The first-order chi connectivity index (χ1) is 10.6. The number of fused-ring (bicyclic) bond motifs is 1. The maximum atomic E-state index is 6.10. The van der Waals surface area contributed by atoms with Crippen molar-refractivity contribution in [2.45, 2.75) is 33.6 Å². The summed E-state index contributed by atoms with van der Waals surface area (Å²) in [5.41, 5.74) is 3.59. The van der Waals surface area contributed by atoms with Gasteiger partial charge in [0.15, 0.2) is 0 Å². The Morgan fingerprint density at radius 3 is 2.73 bits per heavy atom. The molecule has 5 heteroatoms. The summed E-state index contributed by atoms with van der Waals surface area (Å²) in [5.74, 6) is 0.787. The molecule has 0 fully saturated rings. The van der Waals surface area contributed by atoms with Crippen LogP contribution in [0.25, 0.3) is 10.2 Å². The fraction of sp³-hybridized carbons (Fsp3) is 0.294. The van der Waals surface area contributed by atoms with E-state index in [4.69, 9.17) is 11.6 Å². The molecular formula is C17H18ClN3S. The molecule has 0 saturated heterocycles. The average Bonchev–Trinajstić information content (AvgIpc) is 2.92. The normalized spacial score (nSPS) is 11.1. The summed E-state index contributed by atoms with van der Waals surface area (Å²) in [5, 5.41) is 4.81. The highest BCUT2D eigenvalue weighted by atomic mass is 35.5. The fourth-order valence-corrected chi connectivity index (χ4v) is 3.72. The van der Waals surface area contributed by atoms with Crippen LogP contribution in [0, 0.1) is 6.92 Å². The number of benzene rings is 1. The van der Waals surface area contributed by atoms with Crippen molar-refractivity contribution >= 4 is 44.7 Å². The average molecular weight is 332 g/mol. The molecule has 0 radical (unpaired) electrons. The van der Waals surface area contributed by atoms with Crippen LogP contribution in [0.5, 0.6) is 0 Å². The number of anilines is 2. The maximum Gasteiger partial charge on any atom is 0.225 e. The number of thiophene rings is 1. The van der Waals surface area contributed by atoms with Gasteiger partial charge in [-0.1, -0.05) is 32.0 Å². The Morgan fingerprint density at radius 2 is 2.00 bits per heavy atom. The second-order valence-electron chi connectivity index (χ2n) is 5.21. The van der Waals surface area contributed by atoms with Gasteiger partial charge in [0.1, 0.15) is 10.6 Å². The van der Waals surface area contributed by atoms with Gasteiger partial charge in [-0.05, 0) is 48.6 Å². The van der Waals surface area contributed by atoms with Gasteiger partial charge in [0.2, 0.25) is 5.28 Å². The van der Waals surface area contributed by atoms with Gasteiger partial charge in [0.05, 0.1) is 5.39 Å². The molecule has 0 unspecified atom stereocenters. The lowest BCUT2D eigenvalue weighted by Crippen LogP contribution is -2.01. The van der Waals surface area contributed by atoms with Gasteiger partial charge >= 0.3 is 0 Å². The molecule has 1 aromatic carbocycles. The second-order valence-corrected chi connectivity index (χ2v) is 6.67. The number of nitrogens with zero attached hydrogens (tertiary/aromatic N) is 2. The van der Waals surface area contributed by atoms with E-state index < -0.39 is 0 Å². The van der Waals surface area contributed by atoms with E-state index in [0.29, 0.717) is 0 Å². The van der Waals surface area contributed by atoms with Crippen LogP contribution in [0.1, 0.15) is 29.9 Å². The molecule has 0 amide bonds. The zero-order valence-corrected chi connectivity index (χ0v) is 14.5. The van der Waals surface area contributed by atoms with Crippen molar-refractivity contribution in [3.8, 4) is 0 Å². The highest BCUT2D eigenvalue weighted by molar-refractivity contribution is 7.18. The molecule has 2 heterocycles. The first-order valence-corrected chi connectivity index (χ1v) is 8.63. The number of aromatic nitrogens is 2. The van der Waals surface area contributed by atoms with Crippen molar-refractivity contribution in [2.75, 3.05) is 5.32 Å². The van der Waals surface area contributed by atoms with Gasteiger partial charge in [-0.3, -0.25) is 0 Å². The molecule has 0 bridgehead atoms. The third kappa shape index (κ3) is 2.81. The van der Waals surface area contributed by atoms with Crippen molar-refractivity contribution in [3.05, 3.63) is 45.6 Å². The Kier molecular flexibility index (Phi) is 4.32. The SMILES string of the molecule is CCc1cc2c(Nc3c(C)cccc3CC)nc(Cl)nc2s1.